The second-order valence-electron chi connectivity index (χ2n) is 5.64. The number of aromatic nitrogens is 2. The fraction of sp³-hybridized carbons (Fsp3) is 0.150. The lowest BCUT2D eigenvalue weighted by Gasteiger charge is -2.10. The molecule has 1 aromatic heterocycles. The van der Waals surface area contributed by atoms with Crippen LogP contribution >= 0.6 is 0 Å². The van der Waals surface area contributed by atoms with Crippen LogP contribution in [-0.2, 0) is 0 Å². The zero-order valence-corrected chi connectivity index (χ0v) is 14.7. The number of anilines is 3. The number of rotatable bonds is 6. The highest BCUT2D eigenvalue weighted by Gasteiger charge is 2.10. The second kappa shape index (κ2) is 8.11. The van der Waals surface area contributed by atoms with Crippen molar-refractivity contribution in [2.24, 2.45) is 0 Å². The van der Waals surface area contributed by atoms with Crippen molar-refractivity contribution in [1.82, 2.24) is 9.97 Å². The van der Waals surface area contributed by atoms with E-state index in [4.69, 9.17) is 4.74 Å². The molecular formula is C20H20N4O2. The molecular weight excluding hydrogens is 328 g/mol. The van der Waals surface area contributed by atoms with Crippen LogP contribution in [0.3, 0.4) is 0 Å². The molecule has 6 nitrogen and oxygen atoms in total. The van der Waals surface area contributed by atoms with Gasteiger partial charge in [-0.3, -0.25) is 4.79 Å². The van der Waals surface area contributed by atoms with E-state index in [0.29, 0.717) is 12.4 Å². The molecule has 0 spiro atoms. The van der Waals surface area contributed by atoms with Gasteiger partial charge in [-0.1, -0.05) is 18.2 Å². The van der Waals surface area contributed by atoms with Crippen LogP contribution in [0.25, 0.3) is 0 Å². The van der Waals surface area contributed by atoms with Crippen molar-refractivity contribution < 1.29 is 9.53 Å². The molecule has 1 heterocycles. The molecule has 132 valence electrons. The van der Waals surface area contributed by atoms with Gasteiger partial charge in [0.05, 0.1) is 6.61 Å². The van der Waals surface area contributed by atoms with Gasteiger partial charge in [-0.15, -0.1) is 0 Å². The number of hydrogen-bond acceptors (Lipinski definition) is 5. The Kier molecular flexibility index (Phi) is 5.43. The summed E-state index contributed by atoms with van der Waals surface area (Å²) in [6, 6.07) is 16.7. The number of carbonyl (C=O) groups is 1. The van der Waals surface area contributed by atoms with Crippen molar-refractivity contribution in [1.29, 1.82) is 0 Å². The molecule has 0 fully saturated rings. The van der Waals surface area contributed by atoms with E-state index in [9.17, 15) is 4.79 Å². The van der Waals surface area contributed by atoms with Gasteiger partial charge >= 0.3 is 0 Å². The van der Waals surface area contributed by atoms with Gasteiger partial charge in [-0.2, -0.15) is 0 Å². The van der Waals surface area contributed by atoms with E-state index >= 15 is 0 Å². The fourth-order valence-corrected chi connectivity index (χ4v) is 2.40. The predicted molar refractivity (Wildman–Crippen MR) is 102 cm³/mol. The summed E-state index contributed by atoms with van der Waals surface area (Å²) in [7, 11) is 0. The van der Waals surface area contributed by atoms with Crippen LogP contribution in [0.4, 0.5) is 17.2 Å². The Morgan fingerprint density at radius 1 is 1.08 bits per heavy atom. The number of hydrogen-bond donors (Lipinski definition) is 2. The van der Waals surface area contributed by atoms with E-state index in [0.717, 1.165) is 22.7 Å². The molecule has 3 rings (SSSR count). The monoisotopic (exact) mass is 348 g/mol. The normalized spacial score (nSPS) is 10.2. The van der Waals surface area contributed by atoms with Crippen molar-refractivity contribution >= 4 is 23.1 Å². The van der Waals surface area contributed by atoms with E-state index in [1.165, 1.54) is 6.33 Å². The van der Waals surface area contributed by atoms with Gasteiger partial charge in [0.25, 0.3) is 5.91 Å². The van der Waals surface area contributed by atoms with Crippen LogP contribution in [0.2, 0.25) is 0 Å². The van der Waals surface area contributed by atoms with E-state index in [2.05, 4.69) is 20.6 Å². The zero-order chi connectivity index (χ0) is 18.4. The maximum atomic E-state index is 12.4. The molecule has 0 bridgehead atoms. The molecule has 0 aliphatic heterocycles. The van der Waals surface area contributed by atoms with Crippen LogP contribution < -0.4 is 15.4 Å². The van der Waals surface area contributed by atoms with E-state index in [1.807, 2.05) is 62.4 Å². The summed E-state index contributed by atoms with van der Waals surface area (Å²) in [6.45, 7) is 4.50. The molecule has 0 aliphatic rings. The number of amides is 1. The van der Waals surface area contributed by atoms with Crippen molar-refractivity contribution in [3.63, 3.8) is 0 Å². The molecule has 0 radical (unpaired) electrons. The lowest BCUT2D eigenvalue weighted by molar-refractivity contribution is 0.102. The minimum Gasteiger partial charge on any atom is -0.494 e. The molecule has 2 aromatic carbocycles. The first-order valence-electron chi connectivity index (χ1n) is 8.34. The van der Waals surface area contributed by atoms with Crippen molar-refractivity contribution in [3.05, 3.63) is 72.2 Å². The SMILES string of the molecule is CCOc1ccc(Nc2cc(C(=O)Nc3ccccc3C)ncn2)cc1. The highest BCUT2D eigenvalue weighted by molar-refractivity contribution is 6.03. The van der Waals surface area contributed by atoms with Gasteiger partial charge in [0.2, 0.25) is 0 Å². The maximum Gasteiger partial charge on any atom is 0.274 e. The minimum atomic E-state index is -0.281. The number of para-hydroxylation sites is 1. The smallest absolute Gasteiger partial charge is 0.274 e. The first kappa shape index (κ1) is 17.4. The Bertz CT molecular complexity index is 894. The average Bonchev–Trinajstić information content (AvgIpc) is 2.66. The Morgan fingerprint density at radius 3 is 2.58 bits per heavy atom. The van der Waals surface area contributed by atoms with Crippen molar-refractivity contribution in [2.45, 2.75) is 13.8 Å². The summed E-state index contributed by atoms with van der Waals surface area (Å²) in [4.78, 5) is 20.7. The molecule has 2 N–H and O–H groups in total. The molecule has 0 saturated heterocycles. The largest absolute Gasteiger partial charge is 0.494 e. The quantitative estimate of drug-likeness (QED) is 0.699. The first-order chi connectivity index (χ1) is 12.7. The number of aryl methyl sites for hydroxylation is 1. The highest BCUT2D eigenvalue weighted by atomic mass is 16.5. The van der Waals surface area contributed by atoms with E-state index in [1.54, 1.807) is 6.07 Å². The lowest BCUT2D eigenvalue weighted by Crippen LogP contribution is -2.15. The number of carbonyl (C=O) groups excluding carboxylic acids is 1. The third kappa shape index (κ3) is 4.36. The Morgan fingerprint density at radius 2 is 1.85 bits per heavy atom. The standard InChI is InChI=1S/C20H20N4O2/c1-3-26-16-10-8-15(9-11-16)23-19-12-18(21-13-22-19)20(25)24-17-7-5-4-6-14(17)2/h4-13H,3H2,1-2H3,(H,24,25)(H,21,22,23). The molecule has 0 aliphatic carbocycles. The topological polar surface area (TPSA) is 76.1 Å². The van der Waals surface area contributed by atoms with Gasteiger partial charge in [0.15, 0.2) is 0 Å². The van der Waals surface area contributed by atoms with Crippen LogP contribution in [0, 0.1) is 6.92 Å². The summed E-state index contributed by atoms with van der Waals surface area (Å²) < 4.78 is 5.42. The number of nitrogens with zero attached hydrogens (tertiary/aromatic N) is 2. The Hall–Kier alpha value is -3.41. The van der Waals surface area contributed by atoms with Crippen LogP contribution in [-0.4, -0.2) is 22.5 Å². The third-order valence-electron chi connectivity index (χ3n) is 3.73. The molecule has 1 amide bonds. The third-order valence-corrected chi connectivity index (χ3v) is 3.73. The summed E-state index contributed by atoms with van der Waals surface area (Å²) in [5, 5.41) is 6.02. The van der Waals surface area contributed by atoms with E-state index in [-0.39, 0.29) is 11.6 Å². The predicted octanol–water partition coefficient (Wildman–Crippen LogP) is 4.18. The van der Waals surface area contributed by atoms with Gasteiger partial charge in [-0.05, 0) is 49.7 Å². The Balaban J connectivity index is 1.71. The maximum absolute atomic E-state index is 12.4. The van der Waals surface area contributed by atoms with Gasteiger partial charge in [0, 0.05) is 17.4 Å². The summed E-state index contributed by atoms with van der Waals surface area (Å²) >= 11 is 0. The second-order valence-corrected chi connectivity index (χ2v) is 5.64. The van der Waals surface area contributed by atoms with Crippen LogP contribution in [0.1, 0.15) is 23.0 Å². The number of nitrogens with one attached hydrogen (secondary N) is 2. The molecule has 26 heavy (non-hydrogen) atoms. The first-order valence-corrected chi connectivity index (χ1v) is 8.34. The van der Waals surface area contributed by atoms with Gasteiger partial charge in [-0.25, -0.2) is 9.97 Å². The number of benzene rings is 2. The summed E-state index contributed by atoms with van der Waals surface area (Å²) in [6.07, 6.45) is 1.36. The Labute approximate surface area is 152 Å². The zero-order valence-electron chi connectivity index (χ0n) is 14.7. The van der Waals surface area contributed by atoms with Crippen molar-refractivity contribution in [3.8, 4) is 5.75 Å². The van der Waals surface area contributed by atoms with E-state index < -0.39 is 0 Å². The molecule has 6 heteroatoms. The highest BCUT2D eigenvalue weighted by Crippen LogP contribution is 2.20. The average molecular weight is 348 g/mol. The van der Waals surface area contributed by atoms with Gasteiger partial charge in [0.1, 0.15) is 23.6 Å². The van der Waals surface area contributed by atoms with Gasteiger partial charge < -0.3 is 15.4 Å². The van der Waals surface area contributed by atoms with Crippen LogP contribution in [0.15, 0.2) is 60.9 Å². The molecule has 0 saturated carbocycles. The van der Waals surface area contributed by atoms with Crippen LogP contribution in [0.5, 0.6) is 5.75 Å². The molecule has 0 unspecified atom stereocenters. The summed E-state index contributed by atoms with van der Waals surface area (Å²) in [5.74, 6) is 1.06. The minimum absolute atomic E-state index is 0.281. The lowest BCUT2D eigenvalue weighted by atomic mass is 10.2. The molecule has 0 atom stereocenters. The summed E-state index contributed by atoms with van der Waals surface area (Å²) in [5.41, 5.74) is 2.88. The fourth-order valence-electron chi connectivity index (χ4n) is 2.40. The van der Waals surface area contributed by atoms with Crippen molar-refractivity contribution in [2.75, 3.05) is 17.2 Å². The number of ether oxygens (including phenoxy) is 1. The molecule has 3 aromatic rings.